The van der Waals surface area contributed by atoms with Crippen molar-refractivity contribution < 1.29 is 0 Å². The summed E-state index contributed by atoms with van der Waals surface area (Å²) in [5.74, 6) is 0. The van der Waals surface area contributed by atoms with Crippen molar-refractivity contribution in [1.82, 2.24) is 0 Å². The Morgan fingerprint density at radius 3 is 1.52 bits per heavy atom. The van der Waals surface area contributed by atoms with E-state index >= 15 is 0 Å². The van der Waals surface area contributed by atoms with Gasteiger partial charge in [-0.1, -0.05) is 164 Å². The predicted octanol–water partition coefficient (Wildman–Crippen LogP) is 14.8. The van der Waals surface area contributed by atoms with Gasteiger partial charge in [0.15, 0.2) is 0 Å². The van der Waals surface area contributed by atoms with Gasteiger partial charge >= 0.3 is 0 Å². The van der Waals surface area contributed by atoms with Crippen molar-refractivity contribution in [2.75, 3.05) is 4.90 Å². The van der Waals surface area contributed by atoms with Crippen LogP contribution in [0, 0.1) is 0 Å². The summed E-state index contributed by atoms with van der Waals surface area (Å²) in [6, 6.07) is 72.9. The molecule has 0 saturated carbocycles. The molecule has 1 heterocycles. The number of fused-ring (bicyclic) bond motifs is 6. The zero-order chi connectivity index (χ0) is 34.4. The molecule has 9 aromatic carbocycles. The molecule has 0 aliphatic heterocycles. The Labute approximate surface area is 307 Å². The van der Waals surface area contributed by atoms with Gasteiger partial charge in [-0.2, -0.15) is 0 Å². The summed E-state index contributed by atoms with van der Waals surface area (Å²) >= 11 is 1.89. The zero-order valence-electron chi connectivity index (χ0n) is 28.4. The molecule has 1 aromatic heterocycles. The zero-order valence-corrected chi connectivity index (χ0v) is 29.2. The maximum atomic E-state index is 2.44. The highest BCUT2D eigenvalue weighted by Crippen LogP contribution is 2.47. The van der Waals surface area contributed by atoms with Gasteiger partial charge in [-0.25, -0.2) is 0 Å². The van der Waals surface area contributed by atoms with Gasteiger partial charge in [-0.3, -0.25) is 0 Å². The fraction of sp³-hybridized carbons (Fsp3) is 0. The number of thiophene rings is 1. The lowest BCUT2D eigenvalue weighted by Crippen LogP contribution is -2.10. The summed E-state index contributed by atoms with van der Waals surface area (Å²) in [6.45, 7) is 0. The monoisotopic (exact) mass is 679 g/mol. The molecule has 2 heteroatoms. The molecule has 0 bridgehead atoms. The van der Waals surface area contributed by atoms with Gasteiger partial charge in [0.2, 0.25) is 0 Å². The van der Waals surface area contributed by atoms with E-state index in [2.05, 4.69) is 205 Å². The average Bonchev–Trinajstić information content (AvgIpc) is 3.60. The highest BCUT2D eigenvalue weighted by molar-refractivity contribution is 7.26. The summed E-state index contributed by atoms with van der Waals surface area (Å²) < 4.78 is 2.63. The fourth-order valence-electron chi connectivity index (χ4n) is 7.61. The van der Waals surface area contributed by atoms with E-state index in [1.54, 1.807) is 0 Å². The van der Waals surface area contributed by atoms with Crippen LogP contribution >= 0.6 is 11.3 Å². The van der Waals surface area contributed by atoms with Gasteiger partial charge in [-0.15, -0.1) is 11.3 Å². The summed E-state index contributed by atoms with van der Waals surface area (Å²) in [5.41, 5.74) is 10.8. The predicted molar refractivity (Wildman–Crippen MR) is 225 cm³/mol. The third-order valence-corrected chi connectivity index (χ3v) is 11.4. The van der Waals surface area contributed by atoms with Gasteiger partial charge in [-0.05, 0) is 80.6 Å². The van der Waals surface area contributed by atoms with E-state index in [4.69, 9.17) is 0 Å². The van der Waals surface area contributed by atoms with E-state index < -0.39 is 0 Å². The van der Waals surface area contributed by atoms with Crippen LogP contribution in [0.15, 0.2) is 200 Å². The lowest BCUT2D eigenvalue weighted by molar-refractivity contribution is 1.31. The minimum atomic E-state index is 1.12. The van der Waals surface area contributed by atoms with Crippen LogP contribution in [0.3, 0.4) is 0 Å². The molecule has 244 valence electrons. The van der Waals surface area contributed by atoms with E-state index in [1.165, 1.54) is 80.8 Å². The van der Waals surface area contributed by atoms with Crippen LogP contribution in [0.1, 0.15) is 0 Å². The smallest absolute Gasteiger partial charge is 0.0547 e. The van der Waals surface area contributed by atoms with Gasteiger partial charge in [0, 0.05) is 42.3 Å². The van der Waals surface area contributed by atoms with Crippen molar-refractivity contribution in [3.8, 4) is 33.4 Å². The fourth-order valence-corrected chi connectivity index (χ4v) is 8.87. The Morgan fingerprint density at radius 2 is 0.827 bits per heavy atom. The van der Waals surface area contributed by atoms with Crippen molar-refractivity contribution in [3.63, 3.8) is 0 Å². The Bertz CT molecular complexity index is 2870. The molecule has 0 aliphatic rings. The first-order chi connectivity index (χ1) is 25.8. The summed E-state index contributed by atoms with van der Waals surface area (Å²) in [5, 5.41) is 7.55. The standard InChI is InChI=1S/C50H33NS/c1-3-11-34(12-4-1)37-19-21-38(22-20-37)39-23-27-42(28-24-39)51(43-29-25-36-15-7-8-16-40(36)31-43)48-33-47-45-30-26-41(35-13-5-2-6-14-35)32-49(45)52-50(47)46-18-10-9-17-44(46)48/h1-33H. The summed E-state index contributed by atoms with van der Waals surface area (Å²) in [4.78, 5) is 2.44. The molecule has 0 spiro atoms. The van der Waals surface area contributed by atoms with Crippen molar-refractivity contribution in [2.24, 2.45) is 0 Å². The third-order valence-electron chi connectivity index (χ3n) is 10.2. The van der Waals surface area contributed by atoms with Crippen LogP contribution < -0.4 is 4.90 Å². The average molecular weight is 680 g/mol. The molecule has 0 N–H and O–H groups in total. The first-order valence-electron chi connectivity index (χ1n) is 17.8. The number of nitrogens with zero attached hydrogens (tertiary/aromatic N) is 1. The van der Waals surface area contributed by atoms with Crippen LogP contribution in [0.2, 0.25) is 0 Å². The molecule has 1 nitrogen and oxygen atoms in total. The molecule has 0 saturated heterocycles. The number of hydrogen-bond donors (Lipinski definition) is 0. The van der Waals surface area contributed by atoms with Crippen LogP contribution in [-0.2, 0) is 0 Å². The Balaban J connectivity index is 1.14. The molecule has 10 rings (SSSR count). The molecule has 52 heavy (non-hydrogen) atoms. The molecule has 0 amide bonds. The van der Waals surface area contributed by atoms with Crippen LogP contribution in [0.5, 0.6) is 0 Å². The highest BCUT2D eigenvalue weighted by atomic mass is 32.1. The lowest BCUT2D eigenvalue weighted by Gasteiger charge is -2.28. The third kappa shape index (κ3) is 5.33. The van der Waals surface area contributed by atoms with Crippen LogP contribution in [0.25, 0.3) is 75.1 Å². The van der Waals surface area contributed by atoms with Crippen molar-refractivity contribution in [2.45, 2.75) is 0 Å². The van der Waals surface area contributed by atoms with E-state index in [-0.39, 0.29) is 0 Å². The quantitative estimate of drug-likeness (QED) is 0.169. The van der Waals surface area contributed by atoms with Crippen molar-refractivity contribution >= 4 is 70.1 Å². The van der Waals surface area contributed by atoms with Crippen molar-refractivity contribution in [3.05, 3.63) is 200 Å². The topological polar surface area (TPSA) is 3.24 Å². The normalized spacial score (nSPS) is 11.5. The van der Waals surface area contributed by atoms with E-state index in [0.29, 0.717) is 0 Å². The van der Waals surface area contributed by atoms with Crippen molar-refractivity contribution in [1.29, 1.82) is 0 Å². The molecule has 0 atom stereocenters. The summed E-state index contributed by atoms with van der Waals surface area (Å²) in [7, 11) is 0. The first-order valence-corrected chi connectivity index (χ1v) is 18.6. The maximum absolute atomic E-state index is 2.44. The molecule has 10 aromatic rings. The summed E-state index contributed by atoms with van der Waals surface area (Å²) in [6.07, 6.45) is 0. The molecular weight excluding hydrogens is 647 g/mol. The van der Waals surface area contributed by atoms with Gasteiger partial charge < -0.3 is 4.90 Å². The van der Waals surface area contributed by atoms with E-state index in [9.17, 15) is 0 Å². The SMILES string of the molecule is c1ccc(-c2ccc(-c3ccc(N(c4ccc5ccccc5c4)c4cc5c6ccc(-c7ccccc7)cc6sc5c5ccccc45)cc3)cc2)cc1. The van der Waals surface area contributed by atoms with Crippen LogP contribution in [0.4, 0.5) is 17.1 Å². The van der Waals surface area contributed by atoms with E-state index in [1.807, 2.05) is 11.3 Å². The van der Waals surface area contributed by atoms with Crippen LogP contribution in [-0.4, -0.2) is 0 Å². The Hall–Kier alpha value is -6.48. The Morgan fingerprint density at radius 1 is 0.308 bits per heavy atom. The molecule has 0 radical (unpaired) electrons. The number of hydrogen-bond acceptors (Lipinski definition) is 2. The number of benzene rings is 9. The second-order valence-electron chi connectivity index (χ2n) is 13.4. The maximum Gasteiger partial charge on any atom is 0.0547 e. The minimum Gasteiger partial charge on any atom is -0.310 e. The highest BCUT2D eigenvalue weighted by Gasteiger charge is 2.20. The van der Waals surface area contributed by atoms with Gasteiger partial charge in [0.1, 0.15) is 0 Å². The van der Waals surface area contributed by atoms with Gasteiger partial charge in [0.25, 0.3) is 0 Å². The largest absolute Gasteiger partial charge is 0.310 e. The molecule has 0 aliphatic carbocycles. The number of anilines is 3. The number of rotatable bonds is 6. The lowest BCUT2D eigenvalue weighted by atomic mass is 9.99. The molecule has 0 unspecified atom stereocenters. The molecular formula is C50H33NS. The second kappa shape index (κ2) is 12.7. The Kier molecular flexibility index (Phi) is 7.41. The van der Waals surface area contributed by atoms with E-state index in [0.717, 1.165) is 11.4 Å². The van der Waals surface area contributed by atoms with Gasteiger partial charge in [0.05, 0.1) is 5.69 Å². The first kappa shape index (κ1) is 30.4. The second-order valence-corrected chi connectivity index (χ2v) is 14.4. The molecule has 0 fully saturated rings. The minimum absolute atomic E-state index is 1.12.